The first-order valence-electron chi connectivity index (χ1n) is 5.04. The molecule has 2 rings (SSSR count). The van der Waals surface area contributed by atoms with Gasteiger partial charge in [-0.3, -0.25) is 10.1 Å². The maximum absolute atomic E-state index is 11.2. The first kappa shape index (κ1) is 12.7. The van der Waals surface area contributed by atoms with Gasteiger partial charge in [0.15, 0.2) is 0 Å². The number of primary sulfonamides is 1. The first-order valence-corrected chi connectivity index (χ1v) is 6.59. The van der Waals surface area contributed by atoms with Crippen LogP contribution in [0.1, 0.15) is 5.56 Å². The topological polar surface area (TPSA) is 136 Å². The zero-order valence-electron chi connectivity index (χ0n) is 9.16. The second-order valence-corrected chi connectivity index (χ2v) is 5.57. The van der Waals surface area contributed by atoms with Gasteiger partial charge in [0.2, 0.25) is 10.0 Å². The molecule has 4 N–H and O–H groups in total. The number of nitrogens with zero attached hydrogens (tertiary/aromatic N) is 1. The summed E-state index contributed by atoms with van der Waals surface area (Å²) in [5.74, 6) is 0. The van der Waals surface area contributed by atoms with Crippen molar-refractivity contribution in [1.82, 2.24) is 0 Å². The van der Waals surface area contributed by atoms with E-state index in [2.05, 4.69) is 5.32 Å². The minimum Gasteiger partial charge on any atom is -0.394 e. The Kier molecular flexibility index (Phi) is 2.97. The Morgan fingerprint density at radius 3 is 2.72 bits per heavy atom. The Bertz CT molecular complexity index is 613. The van der Waals surface area contributed by atoms with Gasteiger partial charge in [-0.2, -0.15) is 0 Å². The highest BCUT2D eigenvalue weighted by molar-refractivity contribution is 7.89. The number of nitro benzene ring substituents is 1. The zero-order valence-corrected chi connectivity index (χ0v) is 9.98. The molecule has 1 heterocycles. The molecule has 0 aliphatic carbocycles. The molecule has 0 saturated heterocycles. The molecule has 98 valence electrons. The van der Waals surface area contributed by atoms with E-state index in [0.717, 1.165) is 6.07 Å². The fourth-order valence-electron chi connectivity index (χ4n) is 1.92. The van der Waals surface area contributed by atoms with Gasteiger partial charge >= 0.3 is 0 Å². The van der Waals surface area contributed by atoms with E-state index in [4.69, 9.17) is 10.2 Å². The molecule has 1 aromatic rings. The monoisotopic (exact) mass is 273 g/mol. The summed E-state index contributed by atoms with van der Waals surface area (Å²) in [6, 6.07) is 1.86. The van der Waals surface area contributed by atoms with Crippen LogP contribution in [0.15, 0.2) is 17.0 Å². The van der Waals surface area contributed by atoms with Crippen molar-refractivity contribution in [3.8, 4) is 0 Å². The number of fused-ring (bicyclic) bond motifs is 1. The predicted molar refractivity (Wildman–Crippen MR) is 62.7 cm³/mol. The number of nitro groups is 1. The van der Waals surface area contributed by atoms with Crippen LogP contribution in [0.2, 0.25) is 0 Å². The number of nitrogens with one attached hydrogen (secondary N) is 1. The summed E-state index contributed by atoms with van der Waals surface area (Å²) in [6.07, 6.45) is 0.316. The van der Waals surface area contributed by atoms with Crippen LogP contribution in [0.3, 0.4) is 0 Å². The molecule has 0 fully saturated rings. The van der Waals surface area contributed by atoms with Gasteiger partial charge in [0, 0.05) is 6.07 Å². The third-order valence-electron chi connectivity index (χ3n) is 2.73. The number of sulfonamides is 1. The van der Waals surface area contributed by atoms with Crippen molar-refractivity contribution in [3.63, 3.8) is 0 Å². The van der Waals surface area contributed by atoms with Crippen LogP contribution in [0.4, 0.5) is 11.4 Å². The van der Waals surface area contributed by atoms with E-state index in [1.54, 1.807) is 0 Å². The maximum Gasteiger partial charge on any atom is 0.293 e. The summed E-state index contributed by atoms with van der Waals surface area (Å²) in [5.41, 5.74) is 0.353. The molecule has 1 aliphatic rings. The third-order valence-corrected chi connectivity index (χ3v) is 3.63. The third kappa shape index (κ3) is 2.15. The molecule has 0 spiro atoms. The molecule has 1 aromatic carbocycles. The molecule has 1 aliphatic heterocycles. The van der Waals surface area contributed by atoms with Crippen molar-refractivity contribution in [2.24, 2.45) is 5.14 Å². The van der Waals surface area contributed by atoms with Crippen LogP contribution in [0, 0.1) is 10.1 Å². The molecule has 0 aromatic heterocycles. The van der Waals surface area contributed by atoms with E-state index >= 15 is 0 Å². The molecule has 0 radical (unpaired) electrons. The van der Waals surface area contributed by atoms with E-state index in [0.29, 0.717) is 12.0 Å². The lowest BCUT2D eigenvalue weighted by molar-refractivity contribution is -0.384. The van der Waals surface area contributed by atoms with Crippen LogP contribution in [0.25, 0.3) is 0 Å². The summed E-state index contributed by atoms with van der Waals surface area (Å²) in [6.45, 7) is -0.198. The standard InChI is InChI=1S/C9H11N3O5S/c10-18(16,17)7-2-5-1-6(4-13)11-9(5)8(3-7)12(14)15/h2-3,6,11,13H,1,4H2,(H2,10,16,17). The van der Waals surface area contributed by atoms with Gasteiger partial charge in [0.1, 0.15) is 5.69 Å². The molecule has 1 atom stereocenters. The van der Waals surface area contributed by atoms with Gasteiger partial charge in [-0.25, -0.2) is 13.6 Å². The van der Waals surface area contributed by atoms with E-state index in [1.807, 2.05) is 0 Å². The van der Waals surface area contributed by atoms with Crippen LogP contribution in [-0.2, 0) is 16.4 Å². The molecule has 0 bridgehead atoms. The van der Waals surface area contributed by atoms with Crippen LogP contribution in [0.5, 0.6) is 0 Å². The number of rotatable bonds is 3. The van der Waals surface area contributed by atoms with Gasteiger partial charge in [0.25, 0.3) is 5.69 Å². The van der Waals surface area contributed by atoms with Gasteiger partial charge in [-0.05, 0) is 18.1 Å². The molecular formula is C9H11N3O5S. The fraction of sp³-hybridized carbons (Fsp3) is 0.333. The predicted octanol–water partition coefficient (Wildman–Crippen LogP) is -0.429. The van der Waals surface area contributed by atoms with Crippen LogP contribution in [-0.4, -0.2) is 31.1 Å². The Morgan fingerprint density at radius 1 is 1.56 bits per heavy atom. The normalized spacial score (nSPS) is 18.2. The average Bonchev–Trinajstić information content (AvgIpc) is 2.68. The maximum atomic E-state index is 11.2. The molecule has 0 saturated carbocycles. The van der Waals surface area contributed by atoms with Crippen molar-refractivity contribution in [1.29, 1.82) is 0 Å². The van der Waals surface area contributed by atoms with Gasteiger partial charge in [-0.15, -0.1) is 0 Å². The lowest BCUT2D eigenvalue weighted by Gasteiger charge is -2.06. The molecule has 18 heavy (non-hydrogen) atoms. The van der Waals surface area contributed by atoms with Crippen molar-refractivity contribution in [2.45, 2.75) is 17.4 Å². The lowest BCUT2D eigenvalue weighted by Crippen LogP contribution is -2.19. The van der Waals surface area contributed by atoms with Gasteiger partial charge in [-0.1, -0.05) is 0 Å². The highest BCUT2D eigenvalue weighted by Gasteiger charge is 2.30. The number of hydrogen-bond acceptors (Lipinski definition) is 6. The molecule has 1 unspecified atom stereocenters. The summed E-state index contributed by atoms with van der Waals surface area (Å²) < 4.78 is 22.5. The second-order valence-electron chi connectivity index (χ2n) is 4.01. The first-order chi connectivity index (χ1) is 8.32. The summed E-state index contributed by atoms with van der Waals surface area (Å²) in [5, 5.41) is 27.7. The SMILES string of the molecule is NS(=O)(=O)c1cc2c(c([N+](=O)[O-])c1)NC(CO)C2. The minimum absolute atomic E-state index is 0.198. The Morgan fingerprint density at radius 2 is 2.22 bits per heavy atom. The number of nitrogens with two attached hydrogens (primary N) is 1. The van der Waals surface area contributed by atoms with Crippen LogP contribution >= 0.6 is 0 Å². The highest BCUT2D eigenvalue weighted by Crippen LogP contribution is 2.36. The Hall–Kier alpha value is -1.71. The smallest absolute Gasteiger partial charge is 0.293 e. The molecule has 0 amide bonds. The highest BCUT2D eigenvalue weighted by atomic mass is 32.2. The summed E-state index contributed by atoms with van der Waals surface area (Å²) in [7, 11) is -4.00. The number of aliphatic hydroxyl groups excluding tert-OH is 1. The molecular weight excluding hydrogens is 262 g/mol. The van der Waals surface area contributed by atoms with E-state index in [-0.39, 0.29) is 28.9 Å². The average molecular weight is 273 g/mol. The molecule has 8 nitrogen and oxygen atoms in total. The van der Waals surface area contributed by atoms with E-state index in [1.165, 1.54) is 6.07 Å². The minimum atomic E-state index is -4.00. The summed E-state index contributed by atoms with van der Waals surface area (Å²) in [4.78, 5) is 9.92. The van der Waals surface area contributed by atoms with Crippen LogP contribution < -0.4 is 10.5 Å². The van der Waals surface area contributed by atoms with Gasteiger partial charge < -0.3 is 10.4 Å². The fourth-order valence-corrected chi connectivity index (χ4v) is 2.51. The van der Waals surface area contributed by atoms with E-state index < -0.39 is 14.9 Å². The Labute approximate surface area is 103 Å². The zero-order chi connectivity index (χ0) is 13.5. The van der Waals surface area contributed by atoms with Gasteiger partial charge in [0.05, 0.1) is 22.5 Å². The van der Waals surface area contributed by atoms with Crippen molar-refractivity contribution in [3.05, 3.63) is 27.8 Å². The van der Waals surface area contributed by atoms with Crippen molar-refractivity contribution >= 4 is 21.4 Å². The van der Waals surface area contributed by atoms with Crippen molar-refractivity contribution in [2.75, 3.05) is 11.9 Å². The Balaban J connectivity index is 2.61. The number of hydrogen-bond donors (Lipinski definition) is 3. The van der Waals surface area contributed by atoms with Crippen molar-refractivity contribution < 1.29 is 18.4 Å². The largest absolute Gasteiger partial charge is 0.394 e. The lowest BCUT2D eigenvalue weighted by atomic mass is 10.1. The quantitative estimate of drug-likeness (QED) is 0.505. The number of aliphatic hydroxyl groups is 1. The number of benzene rings is 1. The second kappa shape index (κ2) is 4.19. The summed E-state index contributed by atoms with van der Waals surface area (Å²) >= 11 is 0. The number of anilines is 1. The molecule has 9 heteroatoms. The van der Waals surface area contributed by atoms with E-state index in [9.17, 15) is 18.5 Å².